The largest absolute Gasteiger partial charge is 0.420 e. The van der Waals surface area contributed by atoms with E-state index in [1.165, 1.54) is 0 Å². The summed E-state index contributed by atoms with van der Waals surface area (Å²) >= 11 is 0. The molecule has 0 radical (unpaired) electrons. The standard InChI is InChI=1S/C18H14N2O3/c1-12-11-15(14-9-5-6-10-19-14)23-18(22)16(12)20-17(21)13-7-3-2-4-8-13/h2-11H,1H3,(H,20,21). The van der Waals surface area contributed by atoms with Crippen LogP contribution in [-0.4, -0.2) is 10.9 Å². The van der Waals surface area contributed by atoms with E-state index in [-0.39, 0.29) is 11.6 Å². The van der Waals surface area contributed by atoms with E-state index >= 15 is 0 Å². The molecule has 114 valence electrons. The van der Waals surface area contributed by atoms with E-state index in [0.29, 0.717) is 22.6 Å². The lowest BCUT2D eigenvalue weighted by Crippen LogP contribution is -2.19. The van der Waals surface area contributed by atoms with Gasteiger partial charge in [-0.05, 0) is 42.8 Å². The molecule has 2 heterocycles. The second-order valence-corrected chi connectivity index (χ2v) is 4.99. The number of aryl methyl sites for hydroxylation is 1. The molecule has 0 aliphatic heterocycles. The summed E-state index contributed by atoms with van der Waals surface area (Å²) in [6.45, 7) is 1.74. The number of pyridine rings is 1. The van der Waals surface area contributed by atoms with Crippen LogP contribution in [0.5, 0.6) is 0 Å². The smallest absolute Gasteiger partial charge is 0.360 e. The topological polar surface area (TPSA) is 72.2 Å². The first kappa shape index (κ1) is 14.7. The Morgan fingerprint density at radius 3 is 2.48 bits per heavy atom. The van der Waals surface area contributed by atoms with Gasteiger partial charge in [0.15, 0.2) is 5.76 Å². The number of amides is 1. The highest BCUT2D eigenvalue weighted by atomic mass is 16.4. The van der Waals surface area contributed by atoms with Crippen LogP contribution in [0.3, 0.4) is 0 Å². The molecular weight excluding hydrogens is 292 g/mol. The van der Waals surface area contributed by atoms with Crippen LogP contribution in [0.4, 0.5) is 5.69 Å². The molecule has 1 aromatic carbocycles. The SMILES string of the molecule is Cc1cc(-c2ccccn2)oc(=O)c1NC(=O)c1ccccc1. The number of nitrogens with one attached hydrogen (secondary N) is 1. The molecule has 5 heteroatoms. The van der Waals surface area contributed by atoms with Gasteiger partial charge >= 0.3 is 5.63 Å². The molecule has 0 atom stereocenters. The van der Waals surface area contributed by atoms with Crippen molar-refractivity contribution < 1.29 is 9.21 Å². The lowest BCUT2D eigenvalue weighted by Gasteiger charge is -2.08. The summed E-state index contributed by atoms with van der Waals surface area (Å²) in [4.78, 5) is 28.5. The van der Waals surface area contributed by atoms with E-state index in [2.05, 4.69) is 10.3 Å². The van der Waals surface area contributed by atoms with E-state index in [9.17, 15) is 9.59 Å². The van der Waals surface area contributed by atoms with Crippen LogP contribution in [0.25, 0.3) is 11.5 Å². The number of anilines is 1. The number of nitrogens with zero attached hydrogens (tertiary/aromatic N) is 1. The third kappa shape index (κ3) is 3.18. The van der Waals surface area contributed by atoms with Crippen LogP contribution in [0, 0.1) is 6.92 Å². The van der Waals surface area contributed by atoms with E-state index in [1.54, 1.807) is 55.6 Å². The van der Waals surface area contributed by atoms with Crippen LogP contribution in [0.1, 0.15) is 15.9 Å². The lowest BCUT2D eigenvalue weighted by atomic mass is 10.1. The molecule has 0 saturated carbocycles. The van der Waals surface area contributed by atoms with Gasteiger partial charge in [-0.15, -0.1) is 0 Å². The number of hydrogen-bond donors (Lipinski definition) is 1. The van der Waals surface area contributed by atoms with Crippen molar-refractivity contribution in [2.45, 2.75) is 6.92 Å². The Hall–Kier alpha value is -3.21. The summed E-state index contributed by atoms with van der Waals surface area (Å²) < 4.78 is 5.28. The lowest BCUT2D eigenvalue weighted by molar-refractivity contribution is 0.102. The van der Waals surface area contributed by atoms with Gasteiger partial charge in [-0.2, -0.15) is 0 Å². The minimum atomic E-state index is -0.602. The highest BCUT2D eigenvalue weighted by molar-refractivity contribution is 6.04. The molecule has 0 fully saturated rings. The highest BCUT2D eigenvalue weighted by Gasteiger charge is 2.14. The highest BCUT2D eigenvalue weighted by Crippen LogP contribution is 2.20. The predicted molar refractivity (Wildman–Crippen MR) is 87.3 cm³/mol. The average molecular weight is 306 g/mol. The van der Waals surface area contributed by atoms with E-state index in [1.807, 2.05) is 12.1 Å². The maximum atomic E-state index is 12.2. The Labute approximate surface area is 132 Å². The minimum Gasteiger partial charge on any atom is -0.420 e. The van der Waals surface area contributed by atoms with Crippen molar-refractivity contribution in [1.82, 2.24) is 4.98 Å². The monoisotopic (exact) mass is 306 g/mol. The summed E-state index contributed by atoms with van der Waals surface area (Å²) in [7, 11) is 0. The van der Waals surface area contributed by atoms with Crippen LogP contribution in [-0.2, 0) is 0 Å². The molecule has 3 aromatic rings. The fourth-order valence-corrected chi connectivity index (χ4v) is 2.17. The number of benzene rings is 1. The van der Waals surface area contributed by atoms with Crippen LogP contribution >= 0.6 is 0 Å². The summed E-state index contributed by atoms with van der Waals surface area (Å²) in [6, 6.07) is 15.7. The number of rotatable bonds is 3. The van der Waals surface area contributed by atoms with Crippen molar-refractivity contribution in [2.24, 2.45) is 0 Å². The van der Waals surface area contributed by atoms with Crippen molar-refractivity contribution in [3.8, 4) is 11.5 Å². The second-order valence-electron chi connectivity index (χ2n) is 4.99. The summed E-state index contributed by atoms with van der Waals surface area (Å²) in [6.07, 6.45) is 1.62. The molecule has 1 N–H and O–H groups in total. The summed E-state index contributed by atoms with van der Waals surface area (Å²) in [5.41, 5.74) is 1.19. The van der Waals surface area contributed by atoms with Gasteiger partial charge in [0.1, 0.15) is 11.4 Å². The van der Waals surface area contributed by atoms with E-state index in [4.69, 9.17) is 4.42 Å². The van der Waals surface area contributed by atoms with Gasteiger partial charge in [-0.3, -0.25) is 9.78 Å². The Morgan fingerprint density at radius 2 is 1.83 bits per heavy atom. The van der Waals surface area contributed by atoms with Crippen molar-refractivity contribution in [2.75, 3.05) is 5.32 Å². The normalized spacial score (nSPS) is 10.3. The molecular formula is C18H14N2O3. The zero-order valence-electron chi connectivity index (χ0n) is 12.4. The Balaban J connectivity index is 1.93. The quantitative estimate of drug-likeness (QED) is 0.806. The Kier molecular flexibility index (Phi) is 4.01. The molecule has 1 amide bonds. The molecule has 3 rings (SSSR count). The van der Waals surface area contributed by atoms with Crippen LogP contribution in [0.15, 0.2) is 70.0 Å². The third-order valence-electron chi connectivity index (χ3n) is 3.34. The van der Waals surface area contributed by atoms with Crippen LogP contribution in [0.2, 0.25) is 0 Å². The Morgan fingerprint density at radius 1 is 1.09 bits per heavy atom. The fraction of sp³-hybridized carbons (Fsp3) is 0.0556. The molecule has 0 aliphatic rings. The third-order valence-corrected chi connectivity index (χ3v) is 3.34. The molecule has 0 unspecified atom stereocenters. The average Bonchev–Trinajstić information content (AvgIpc) is 2.59. The minimum absolute atomic E-state index is 0.138. The first-order chi connectivity index (χ1) is 11.1. The van der Waals surface area contributed by atoms with Gasteiger partial charge in [0, 0.05) is 11.8 Å². The van der Waals surface area contributed by atoms with Crippen molar-refractivity contribution in [3.05, 3.63) is 82.3 Å². The maximum absolute atomic E-state index is 12.2. The van der Waals surface area contributed by atoms with Crippen molar-refractivity contribution in [3.63, 3.8) is 0 Å². The van der Waals surface area contributed by atoms with E-state index in [0.717, 1.165) is 0 Å². The zero-order chi connectivity index (χ0) is 16.2. The van der Waals surface area contributed by atoms with Crippen molar-refractivity contribution >= 4 is 11.6 Å². The molecule has 2 aromatic heterocycles. The first-order valence-electron chi connectivity index (χ1n) is 7.08. The summed E-state index contributed by atoms with van der Waals surface area (Å²) in [5, 5.41) is 2.61. The second kappa shape index (κ2) is 6.27. The molecule has 0 bridgehead atoms. The molecule has 0 aliphatic carbocycles. The number of carbonyl (C=O) groups excluding carboxylic acids is 1. The van der Waals surface area contributed by atoms with Gasteiger partial charge in [0.2, 0.25) is 0 Å². The van der Waals surface area contributed by atoms with Gasteiger partial charge in [0.05, 0.1) is 0 Å². The first-order valence-corrected chi connectivity index (χ1v) is 7.08. The summed E-state index contributed by atoms with van der Waals surface area (Å²) in [5.74, 6) is 0.0115. The molecule has 5 nitrogen and oxygen atoms in total. The molecule has 0 spiro atoms. The van der Waals surface area contributed by atoms with Gasteiger partial charge in [0.25, 0.3) is 5.91 Å². The Bertz CT molecular complexity index is 887. The van der Waals surface area contributed by atoms with Crippen LogP contribution < -0.4 is 10.9 Å². The van der Waals surface area contributed by atoms with Gasteiger partial charge in [-0.25, -0.2) is 4.79 Å². The van der Waals surface area contributed by atoms with E-state index < -0.39 is 5.63 Å². The maximum Gasteiger partial charge on any atom is 0.360 e. The molecule has 0 saturated heterocycles. The fourth-order valence-electron chi connectivity index (χ4n) is 2.17. The number of carbonyl (C=O) groups is 1. The van der Waals surface area contributed by atoms with Gasteiger partial charge in [-0.1, -0.05) is 24.3 Å². The van der Waals surface area contributed by atoms with Gasteiger partial charge < -0.3 is 9.73 Å². The number of hydrogen-bond acceptors (Lipinski definition) is 4. The molecule has 23 heavy (non-hydrogen) atoms. The zero-order valence-corrected chi connectivity index (χ0v) is 12.4. The predicted octanol–water partition coefficient (Wildman–Crippen LogP) is 3.26. The van der Waals surface area contributed by atoms with Crippen molar-refractivity contribution in [1.29, 1.82) is 0 Å². The number of aromatic nitrogens is 1.